The lowest BCUT2D eigenvalue weighted by atomic mass is 9.82. The number of pyridine rings is 1. The number of aromatic nitrogens is 4. The zero-order valence-corrected chi connectivity index (χ0v) is 31.6. The van der Waals surface area contributed by atoms with E-state index in [1.165, 1.54) is 33.0 Å². The van der Waals surface area contributed by atoms with Crippen molar-refractivity contribution in [2.45, 2.75) is 19.3 Å². The molecule has 0 amide bonds. The lowest BCUT2D eigenvalue weighted by Gasteiger charge is -2.22. The lowest BCUT2D eigenvalue weighted by molar-refractivity contribution is 0.661. The Hall–Kier alpha value is -7.30. The van der Waals surface area contributed by atoms with Crippen molar-refractivity contribution in [2.75, 3.05) is 0 Å². The van der Waals surface area contributed by atoms with Crippen LogP contribution in [0, 0.1) is 0 Å². The molecule has 0 N–H and O–H groups in total. The van der Waals surface area contributed by atoms with E-state index in [-0.39, 0.29) is 5.41 Å². The SMILES string of the molecule is CC1(C)c2ccccc2-c2cc3c(-c4cccc(-c5nc(-c6ccc7ccccc7c6)nc(-c6ccc7ccccc7c6)n5)c4)cc(-c4ccccc4)nc3cc21. The maximum Gasteiger partial charge on any atom is 0.164 e. The number of rotatable bonds is 5. The summed E-state index contributed by atoms with van der Waals surface area (Å²) in [5, 5.41) is 5.75. The monoisotopic (exact) mass is 728 g/mol. The van der Waals surface area contributed by atoms with Crippen LogP contribution in [0.2, 0.25) is 0 Å². The van der Waals surface area contributed by atoms with Gasteiger partial charge >= 0.3 is 0 Å². The van der Waals surface area contributed by atoms with Crippen LogP contribution in [0.1, 0.15) is 25.0 Å². The van der Waals surface area contributed by atoms with Gasteiger partial charge in [0.2, 0.25) is 0 Å². The standard InChI is InChI=1S/C53H36N4/c1-53(2)46-22-11-10-21-42(46)44-30-45-43(31-48(35-15-4-3-5-16-35)54-49(45)32-47(44)53)38-19-12-20-39(29-38)50-55-51(40-25-23-33-13-6-8-17-36(33)27-40)57-52(56-50)41-26-24-34-14-7-9-18-37(34)28-41/h3-32H,1-2H3. The van der Waals surface area contributed by atoms with Gasteiger partial charge in [-0.1, -0.05) is 159 Å². The minimum atomic E-state index is -0.130. The van der Waals surface area contributed by atoms with Crippen molar-refractivity contribution in [1.82, 2.24) is 19.9 Å². The molecule has 0 saturated heterocycles. The van der Waals surface area contributed by atoms with Gasteiger partial charge in [-0.05, 0) is 91.3 Å². The van der Waals surface area contributed by atoms with E-state index in [9.17, 15) is 0 Å². The number of benzene rings is 8. The summed E-state index contributed by atoms with van der Waals surface area (Å²) in [6.07, 6.45) is 0. The van der Waals surface area contributed by atoms with E-state index < -0.39 is 0 Å². The predicted octanol–water partition coefficient (Wildman–Crippen LogP) is 13.4. The molecule has 0 unspecified atom stereocenters. The van der Waals surface area contributed by atoms with E-state index in [1.54, 1.807) is 0 Å². The van der Waals surface area contributed by atoms with Gasteiger partial charge in [0.05, 0.1) is 11.2 Å². The second kappa shape index (κ2) is 12.9. The molecule has 0 saturated carbocycles. The van der Waals surface area contributed by atoms with Gasteiger partial charge in [-0.25, -0.2) is 19.9 Å². The summed E-state index contributed by atoms with van der Waals surface area (Å²) < 4.78 is 0. The second-order valence-corrected chi connectivity index (χ2v) is 15.5. The normalized spacial score (nSPS) is 12.9. The van der Waals surface area contributed by atoms with Gasteiger partial charge in [-0.15, -0.1) is 0 Å². The summed E-state index contributed by atoms with van der Waals surface area (Å²) in [5.41, 5.74) is 13.1. The third-order valence-electron chi connectivity index (χ3n) is 11.7. The van der Waals surface area contributed by atoms with E-state index in [4.69, 9.17) is 19.9 Å². The second-order valence-electron chi connectivity index (χ2n) is 15.5. The molecule has 1 aliphatic carbocycles. The Morgan fingerprint density at radius 2 is 0.877 bits per heavy atom. The van der Waals surface area contributed by atoms with Gasteiger partial charge in [0, 0.05) is 33.1 Å². The Morgan fingerprint density at radius 1 is 0.333 bits per heavy atom. The van der Waals surface area contributed by atoms with Crippen LogP contribution in [0.3, 0.4) is 0 Å². The minimum Gasteiger partial charge on any atom is -0.248 e. The molecule has 8 aromatic carbocycles. The average Bonchev–Trinajstić information content (AvgIpc) is 3.49. The molecular formula is C53H36N4. The summed E-state index contributed by atoms with van der Waals surface area (Å²) in [6, 6.07) is 64.4. The molecule has 0 atom stereocenters. The minimum absolute atomic E-state index is 0.130. The fraction of sp³-hybridized carbons (Fsp3) is 0.0566. The first kappa shape index (κ1) is 33.1. The Bertz CT molecular complexity index is 3120. The zero-order valence-electron chi connectivity index (χ0n) is 31.6. The van der Waals surface area contributed by atoms with Crippen LogP contribution in [0.15, 0.2) is 182 Å². The summed E-state index contributed by atoms with van der Waals surface area (Å²) in [5.74, 6) is 1.89. The summed E-state index contributed by atoms with van der Waals surface area (Å²) in [6.45, 7) is 4.64. The fourth-order valence-electron chi connectivity index (χ4n) is 8.66. The molecule has 2 aromatic heterocycles. The molecule has 1 aliphatic rings. The van der Waals surface area contributed by atoms with Gasteiger partial charge in [0.1, 0.15) is 0 Å². The van der Waals surface area contributed by atoms with Gasteiger partial charge < -0.3 is 0 Å². The number of nitrogens with zero attached hydrogens (tertiary/aromatic N) is 4. The van der Waals surface area contributed by atoms with E-state index in [2.05, 4.69) is 196 Å². The Balaban J connectivity index is 1.12. The molecule has 10 aromatic rings. The highest BCUT2D eigenvalue weighted by Crippen LogP contribution is 2.50. The Morgan fingerprint density at radius 3 is 1.54 bits per heavy atom. The molecule has 0 bridgehead atoms. The third-order valence-corrected chi connectivity index (χ3v) is 11.7. The van der Waals surface area contributed by atoms with Crippen molar-refractivity contribution >= 4 is 32.4 Å². The van der Waals surface area contributed by atoms with Crippen molar-refractivity contribution in [3.63, 3.8) is 0 Å². The lowest BCUT2D eigenvalue weighted by Crippen LogP contribution is -2.14. The summed E-state index contributed by atoms with van der Waals surface area (Å²) >= 11 is 0. The number of hydrogen-bond donors (Lipinski definition) is 0. The fourth-order valence-corrected chi connectivity index (χ4v) is 8.66. The average molecular weight is 729 g/mol. The van der Waals surface area contributed by atoms with E-state index in [0.717, 1.165) is 60.8 Å². The quantitative estimate of drug-likeness (QED) is 0.177. The molecule has 11 rings (SSSR count). The smallest absolute Gasteiger partial charge is 0.164 e. The first-order valence-corrected chi connectivity index (χ1v) is 19.5. The highest BCUT2D eigenvalue weighted by molar-refractivity contribution is 6.02. The first-order chi connectivity index (χ1) is 28.0. The molecule has 0 aliphatic heterocycles. The Kier molecular flexibility index (Phi) is 7.48. The summed E-state index contributed by atoms with van der Waals surface area (Å²) in [4.78, 5) is 20.8. The van der Waals surface area contributed by atoms with Gasteiger partial charge in [0.15, 0.2) is 17.5 Å². The van der Waals surface area contributed by atoms with E-state index in [1.807, 2.05) is 0 Å². The van der Waals surface area contributed by atoms with Crippen LogP contribution in [-0.2, 0) is 5.41 Å². The van der Waals surface area contributed by atoms with Crippen LogP contribution in [0.5, 0.6) is 0 Å². The molecule has 0 radical (unpaired) electrons. The largest absolute Gasteiger partial charge is 0.248 e. The molecule has 268 valence electrons. The Labute approximate surface area is 331 Å². The van der Waals surface area contributed by atoms with Crippen LogP contribution < -0.4 is 0 Å². The van der Waals surface area contributed by atoms with Crippen LogP contribution in [-0.4, -0.2) is 19.9 Å². The van der Waals surface area contributed by atoms with Gasteiger partial charge in [-0.3, -0.25) is 0 Å². The van der Waals surface area contributed by atoms with Crippen LogP contribution in [0.25, 0.3) is 100 Å². The molecule has 0 fully saturated rings. The van der Waals surface area contributed by atoms with Crippen molar-refractivity contribution in [2.24, 2.45) is 0 Å². The highest BCUT2D eigenvalue weighted by atomic mass is 15.0. The maximum absolute atomic E-state index is 5.32. The van der Waals surface area contributed by atoms with Crippen molar-refractivity contribution in [3.05, 3.63) is 193 Å². The molecule has 4 heteroatoms. The van der Waals surface area contributed by atoms with Crippen molar-refractivity contribution < 1.29 is 0 Å². The van der Waals surface area contributed by atoms with Gasteiger partial charge in [-0.2, -0.15) is 0 Å². The molecule has 4 nitrogen and oxygen atoms in total. The molecular weight excluding hydrogens is 693 g/mol. The molecule has 57 heavy (non-hydrogen) atoms. The molecule has 0 spiro atoms. The van der Waals surface area contributed by atoms with Crippen molar-refractivity contribution in [1.29, 1.82) is 0 Å². The van der Waals surface area contributed by atoms with E-state index >= 15 is 0 Å². The third kappa shape index (κ3) is 5.60. The number of hydrogen-bond acceptors (Lipinski definition) is 4. The highest BCUT2D eigenvalue weighted by Gasteiger charge is 2.35. The number of fused-ring (bicyclic) bond motifs is 6. The van der Waals surface area contributed by atoms with Crippen LogP contribution in [0.4, 0.5) is 0 Å². The maximum atomic E-state index is 5.32. The predicted molar refractivity (Wildman–Crippen MR) is 235 cm³/mol. The zero-order chi connectivity index (χ0) is 38.1. The summed E-state index contributed by atoms with van der Waals surface area (Å²) in [7, 11) is 0. The molecule has 2 heterocycles. The van der Waals surface area contributed by atoms with Crippen LogP contribution >= 0.6 is 0 Å². The first-order valence-electron chi connectivity index (χ1n) is 19.5. The van der Waals surface area contributed by atoms with E-state index in [0.29, 0.717) is 17.5 Å². The van der Waals surface area contributed by atoms with Gasteiger partial charge in [0.25, 0.3) is 0 Å². The topological polar surface area (TPSA) is 51.6 Å². The van der Waals surface area contributed by atoms with Crippen molar-refractivity contribution in [3.8, 4) is 67.7 Å².